The van der Waals surface area contributed by atoms with E-state index in [1.807, 2.05) is 26.2 Å². The molecule has 0 aliphatic carbocycles. The lowest BCUT2D eigenvalue weighted by Crippen LogP contribution is -2.39. The van der Waals surface area contributed by atoms with Gasteiger partial charge in [-0.05, 0) is 6.42 Å². The number of fused-ring (bicyclic) bond motifs is 2. The number of aromatic nitrogens is 6. The van der Waals surface area contributed by atoms with Gasteiger partial charge in [-0.3, -0.25) is 23.1 Å². The average molecular weight is 459 g/mol. The van der Waals surface area contributed by atoms with Crippen molar-refractivity contribution in [2.75, 3.05) is 0 Å². The molecule has 0 saturated carbocycles. The van der Waals surface area contributed by atoms with Crippen molar-refractivity contribution in [1.82, 2.24) is 28.5 Å². The first-order valence-electron chi connectivity index (χ1n) is 9.91. The molecule has 4 aromatic rings. The topological polar surface area (TPSA) is 104 Å². The third kappa shape index (κ3) is 3.83. The first kappa shape index (κ1) is 21.4. The first-order valence-corrected chi connectivity index (χ1v) is 11.8. The molecule has 4 heterocycles. The standard InChI is InChI=1S/C20H22N6O3S2/c1-5-6-26-16-14(18(28)24(4)20(26)29)17(23-15(22-16)11(2)3)31-10-12-9-13(27)25-7-8-30-19(25)21-12/h7-9,11H,5-6,10H2,1-4H3. The minimum absolute atomic E-state index is 0.0169. The Morgan fingerprint density at radius 3 is 2.65 bits per heavy atom. The van der Waals surface area contributed by atoms with E-state index in [2.05, 4.69) is 15.0 Å². The second-order valence-corrected chi connectivity index (χ2v) is 9.31. The van der Waals surface area contributed by atoms with Gasteiger partial charge in [-0.25, -0.2) is 19.7 Å². The first-order chi connectivity index (χ1) is 14.8. The maximum absolute atomic E-state index is 13.0. The Hall–Kier alpha value is -2.79. The fourth-order valence-corrected chi connectivity index (χ4v) is 4.90. The second-order valence-electron chi connectivity index (χ2n) is 7.47. The second kappa shape index (κ2) is 8.39. The van der Waals surface area contributed by atoms with Crippen LogP contribution in [0.4, 0.5) is 0 Å². The third-order valence-corrected chi connectivity index (χ3v) is 6.61. The molecule has 0 unspecified atom stereocenters. The van der Waals surface area contributed by atoms with Gasteiger partial charge in [0.1, 0.15) is 16.2 Å². The molecule has 0 aliphatic heterocycles. The van der Waals surface area contributed by atoms with Crippen molar-refractivity contribution in [2.24, 2.45) is 7.05 Å². The molecule has 0 saturated heterocycles. The summed E-state index contributed by atoms with van der Waals surface area (Å²) in [6.07, 6.45) is 2.42. The molecule has 4 rings (SSSR count). The van der Waals surface area contributed by atoms with Gasteiger partial charge >= 0.3 is 5.69 Å². The van der Waals surface area contributed by atoms with Gasteiger partial charge in [0.15, 0.2) is 10.6 Å². The van der Waals surface area contributed by atoms with Crippen molar-refractivity contribution in [3.8, 4) is 0 Å². The van der Waals surface area contributed by atoms with Crippen LogP contribution in [0.1, 0.15) is 44.6 Å². The van der Waals surface area contributed by atoms with E-state index in [4.69, 9.17) is 0 Å². The summed E-state index contributed by atoms with van der Waals surface area (Å²) < 4.78 is 4.13. The van der Waals surface area contributed by atoms with Gasteiger partial charge in [-0.15, -0.1) is 11.3 Å². The molecule has 162 valence electrons. The predicted octanol–water partition coefficient (Wildman–Crippen LogP) is 2.39. The molecule has 0 aromatic carbocycles. The SMILES string of the molecule is CCCn1c(=O)n(C)c(=O)c2c(SCc3cc(=O)n4ccsc4n3)nc(C(C)C)nc21. The molecule has 0 N–H and O–H groups in total. The molecule has 0 fully saturated rings. The maximum Gasteiger partial charge on any atom is 0.332 e. The zero-order valence-corrected chi connectivity index (χ0v) is 19.3. The largest absolute Gasteiger partial charge is 0.332 e. The highest BCUT2D eigenvalue weighted by atomic mass is 32.2. The Kier molecular flexibility index (Phi) is 5.80. The zero-order valence-electron chi connectivity index (χ0n) is 17.7. The van der Waals surface area contributed by atoms with Crippen LogP contribution in [0.5, 0.6) is 0 Å². The molecular formula is C20H22N6O3S2. The number of hydrogen-bond acceptors (Lipinski definition) is 8. The van der Waals surface area contributed by atoms with Crippen LogP contribution >= 0.6 is 23.1 Å². The van der Waals surface area contributed by atoms with Crippen LogP contribution in [0.3, 0.4) is 0 Å². The summed E-state index contributed by atoms with van der Waals surface area (Å²) in [4.78, 5) is 52.4. The lowest BCUT2D eigenvalue weighted by molar-refractivity contribution is 0.603. The van der Waals surface area contributed by atoms with Crippen LogP contribution < -0.4 is 16.8 Å². The summed E-state index contributed by atoms with van der Waals surface area (Å²) in [7, 11) is 1.47. The lowest BCUT2D eigenvalue weighted by atomic mass is 10.2. The van der Waals surface area contributed by atoms with E-state index in [9.17, 15) is 14.4 Å². The lowest BCUT2D eigenvalue weighted by Gasteiger charge is -2.15. The van der Waals surface area contributed by atoms with Crippen LogP contribution in [0, 0.1) is 0 Å². The monoisotopic (exact) mass is 458 g/mol. The van der Waals surface area contributed by atoms with Gasteiger partial charge in [0.2, 0.25) is 0 Å². The molecule has 0 spiro atoms. The Balaban J connectivity index is 1.88. The average Bonchev–Trinajstić information content (AvgIpc) is 3.22. The summed E-state index contributed by atoms with van der Waals surface area (Å²) in [5.41, 5.74) is 0.00491. The summed E-state index contributed by atoms with van der Waals surface area (Å²) in [5, 5.41) is 2.62. The Labute approximate surface area is 185 Å². The quantitative estimate of drug-likeness (QED) is 0.323. The number of hydrogen-bond donors (Lipinski definition) is 0. The fourth-order valence-electron chi connectivity index (χ4n) is 3.25. The third-order valence-electron chi connectivity index (χ3n) is 4.84. The van der Waals surface area contributed by atoms with Gasteiger partial charge in [0, 0.05) is 42.9 Å². The Morgan fingerprint density at radius 1 is 1.16 bits per heavy atom. The summed E-state index contributed by atoms with van der Waals surface area (Å²) in [6.45, 7) is 6.35. The van der Waals surface area contributed by atoms with Crippen LogP contribution in [-0.2, 0) is 19.3 Å². The minimum atomic E-state index is -0.424. The van der Waals surface area contributed by atoms with Crippen LogP contribution in [0.25, 0.3) is 16.0 Å². The van der Waals surface area contributed by atoms with Gasteiger partial charge in [0.25, 0.3) is 11.1 Å². The highest BCUT2D eigenvalue weighted by Crippen LogP contribution is 2.27. The molecule has 9 nitrogen and oxygen atoms in total. The molecule has 0 amide bonds. The number of rotatable bonds is 6. The van der Waals surface area contributed by atoms with Crippen molar-refractivity contribution in [3.63, 3.8) is 0 Å². The number of nitrogens with zero attached hydrogens (tertiary/aromatic N) is 6. The van der Waals surface area contributed by atoms with Crippen LogP contribution in [0.15, 0.2) is 37.1 Å². The fraction of sp³-hybridized carbons (Fsp3) is 0.400. The summed E-state index contributed by atoms with van der Waals surface area (Å²) in [5.74, 6) is 0.945. The molecule has 11 heteroatoms. The van der Waals surface area contributed by atoms with E-state index in [1.54, 1.807) is 6.20 Å². The van der Waals surface area contributed by atoms with E-state index in [0.717, 1.165) is 11.0 Å². The minimum Gasteiger partial charge on any atom is -0.277 e. The van der Waals surface area contributed by atoms with Crippen LogP contribution in [-0.4, -0.2) is 28.5 Å². The highest BCUT2D eigenvalue weighted by Gasteiger charge is 2.20. The number of thiazole rings is 1. The van der Waals surface area contributed by atoms with Crippen molar-refractivity contribution < 1.29 is 0 Å². The van der Waals surface area contributed by atoms with E-state index in [1.165, 1.54) is 45.2 Å². The maximum atomic E-state index is 13.0. The van der Waals surface area contributed by atoms with Crippen molar-refractivity contribution >= 4 is 39.1 Å². The molecule has 4 aromatic heterocycles. The van der Waals surface area contributed by atoms with Crippen LogP contribution in [0.2, 0.25) is 0 Å². The zero-order chi connectivity index (χ0) is 22.3. The molecule has 0 radical (unpaired) electrons. The van der Waals surface area contributed by atoms with Gasteiger partial charge in [0.05, 0.1) is 5.69 Å². The number of aryl methyl sites for hydroxylation is 1. The normalized spacial score (nSPS) is 11.8. The van der Waals surface area contributed by atoms with E-state index < -0.39 is 5.56 Å². The van der Waals surface area contributed by atoms with Gasteiger partial charge in [-0.2, -0.15) is 0 Å². The van der Waals surface area contributed by atoms with E-state index >= 15 is 0 Å². The molecule has 0 bridgehead atoms. The number of thioether (sulfide) groups is 1. The van der Waals surface area contributed by atoms with E-state index in [-0.39, 0.29) is 17.2 Å². The summed E-state index contributed by atoms with van der Waals surface area (Å²) in [6, 6.07) is 1.49. The smallest absolute Gasteiger partial charge is 0.277 e. The van der Waals surface area contributed by atoms with Gasteiger partial charge < -0.3 is 0 Å². The molecule has 0 aliphatic rings. The Morgan fingerprint density at radius 2 is 1.94 bits per heavy atom. The van der Waals surface area contributed by atoms with Crippen molar-refractivity contribution in [1.29, 1.82) is 0 Å². The summed E-state index contributed by atoms with van der Waals surface area (Å²) >= 11 is 2.71. The van der Waals surface area contributed by atoms with Crippen molar-refractivity contribution in [2.45, 2.75) is 50.4 Å². The Bertz CT molecular complexity index is 1460. The molecule has 0 atom stereocenters. The molecular weight excluding hydrogens is 436 g/mol. The van der Waals surface area contributed by atoms with Crippen molar-refractivity contribution in [3.05, 3.63) is 60.4 Å². The van der Waals surface area contributed by atoms with Gasteiger partial charge in [-0.1, -0.05) is 32.5 Å². The predicted molar refractivity (Wildman–Crippen MR) is 122 cm³/mol. The van der Waals surface area contributed by atoms with E-state index in [0.29, 0.717) is 44.8 Å². The highest BCUT2D eigenvalue weighted by molar-refractivity contribution is 7.98. The molecule has 31 heavy (non-hydrogen) atoms.